The van der Waals surface area contributed by atoms with Crippen LogP contribution in [-0.2, 0) is 13.1 Å². The summed E-state index contributed by atoms with van der Waals surface area (Å²) >= 11 is 0. The Hall–Kier alpha value is -2.89. The first-order valence-corrected chi connectivity index (χ1v) is 14.4. The summed E-state index contributed by atoms with van der Waals surface area (Å²) < 4.78 is 0. The maximum absolute atomic E-state index is 13.6. The van der Waals surface area contributed by atoms with Crippen LogP contribution in [0.3, 0.4) is 0 Å². The molecule has 6 heteroatoms. The van der Waals surface area contributed by atoms with Crippen LogP contribution in [0.25, 0.3) is 0 Å². The number of rotatable bonds is 3. The Morgan fingerprint density at radius 2 is 1.46 bits per heavy atom. The molecule has 5 fully saturated rings. The molecule has 4 bridgehead atoms. The molecule has 1 saturated heterocycles. The molecule has 3 heterocycles. The van der Waals surface area contributed by atoms with Gasteiger partial charge in [0, 0.05) is 43.3 Å². The Balaban J connectivity index is 1.02. The Morgan fingerprint density at radius 1 is 0.865 bits per heavy atom. The Bertz CT molecular complexity index is 1170. The topological polar surface area (TPSA) is 65.5 Å². The highest BCUT2D eigenvalue weighted by Gasteiger charge is 2.52. The van der Waals surface area contributed by atoms with Crippen LogP contribution in [0.4, 0.5) is 4.79 Å². The van der Waals surface area contributed by atoms with Gasteiger partial charge in [0.25, 0.3) is 5.91 Å². The van der Waals surface area contributed by atoms with Crippen molar-refractivity contribution < 1.29 is 9.59 Å². The number of nitrogens with zero attached hydrogens (tertiary/aromatic N) is 3. The number of likely N-dealkylation sites (tertiary alicyclic amines) is 1. The number of urea groups is 1. The van der Waals surface area contributed by atoms with Crippen LogP contribution in [0.15, 0.2) is 36.4 Å². The van der Waals surface area contributed by atoms with Crippen LogP contribution >= 0.6 is 0 Å². The summed E-state index contributed by atoms with van der Waals surface area (Å²) in [5.74, 6) is 2.74. The van der Waals surface area contributed by atoms with Crippen molar-refractivity contribution in [1.82, 2.24) is 20.1 Å². The monoisotopic (exact) mass is 498 g/mol. The summed E-state index contributed by atoms with van der Waals surface area (Å²) in [5, 5.41) is 3.54. The number of nitrogens with one attached hydrogen (secondary N) is 1. The van der Waals surface area contributed by atoms with Crippen molar-refractivity contribution >= 4 is 11.9 Å². The molecule has 4 saturated carbocycles. The largest absolute Gasteiger partial charge is 0.333 e. The van der Waals surface area contributed by atoms with Gasteiger partial charge in [-0.1, -0.05) is 24.3 Å². The zero-order valence-corrected chi connectivity index (χ0v) is 21.9. The Morgan fingerprint density at radius 3 is 2.05 bits per heavy atom. The molecule has 1 aromatic heterocycles. The van der Waals surface area contributed by atoms with Gasteiger partial charge in [-0.15, -0.1) is 0 Å². The summed E-state index contributed by atoms with van der Waals surface area (Å²) in [6, 6.07) is 12.4. The first-order chi connectivity index (χ1) is 17.9. The summed E-state index contributed by atoms with van der Waals surface area (Å²) in [6.45, 7) is 4.76. The van der Waals surface area contributed by atoms with E-state index in [1.165, 1.54) is 49.7 Å². The van der Waals surface area contributed by atoms with E-state index >= 15 is 0 Å². The number of hydrogen-bond acceptors (Lipinski definition) is 3. The minimum Gasteiger partial charge on any atom is -0.333 e. The summed E-state index contributed by atoms with van der Waals surface area (Å²) in [4.78, 5) is 35.8. The molecule has 4 aliphatic carbocycles. The van der Waals surface area contributed by atoms with Crippen LogP contribution in [0.2, 0.25) is 0 Å². The van der Waals surface area contributed by atoms with Crippen LogP contribution in [0.1, 0.15) is 90.2 Å². The van der Waals surface area contributed by atoms with E-state index in [4.69, 9.17) is 4.98 Å². The van der Waals surface area contributed by atoms with Gasteiger partial charge in [-0.05, 0) is 99.3 Å². The summed E-state index contributed by atoms with van der Waals surface area (Å²) in [6.07, 6.45) is 9.40. The van der Waals surface area contributed by atoms with Crippen LogP contribution in [0, 0.1) is 24.7 Å². The van der Waals surface area contributed by atoms with Crippen LogP contribution in [0.5, 0.6) is 0 Å². The average molecular weight is 499 g/mol. The van der Waals surface area contributed by atoms with Gasteiger partial charge >= 0.3 is 6.03 Å². The number of piperidine rings is 1. The molecule has 0 radical (unpaired) electrons. The van der Waals surface area contributed by atoms with Gasteiger partial charge in [-0.25, -0.2) is 4.79 Å². The van der Waals surface area contributed by atoms with E-state index in [0.717, 1.165) is 60.6 Å². The summed E-state index contributed by atoms with van der Waals surface area (Å²) in [7, 11) is 0. The molecule has 194 valence electrons. The fourth-order valence-corrected chi connectivity index (χ4v) is 8.64. The zero-order valence-electron chi connectivity index (χ0n) is 21.9. The molecule has 0 spiro atoms. The van der Waals surface area contributed by atoms with Gasteiger partial charge in [-0.3, -0.25) is 9.78 Å². The predicted octanol–water partition coefficient (Wildman–Crippen LogP) is 5.40. The van der Waals surface area contributed by atoms with Crippen LogP contribution in [-0.4, -0.2) is 45.4 Å². The van der Waals surface area contributed by atoms with E-state index in [0.29, 0.717) is 13.1 Å². The second-order valence-corrected chi connectivity index (χ2v) is 12.7. The lowest BCUT2D eigenvalue weighted by Gasteiger charge is -2.57. The van der Waals surface area contributed by atoms with Crippen LogP contribution < -0.4 is 5.32 Å². The molecular formula is C31H38N4O2. The number of hydrogen-bond donors (Lipinski definition) is 1. The van der Waals surface area contributed by atoms with Gasteiger partial charge in [0.15, 0.2) is 0 Å². The zero-order chi connectivity index (χ0) is 25.1. The highest BCUT2D eigenvalue weighted by molar-refractivity contribution is 5.95. The van der Waals surface area contributed by atoms with Crippen molar-refractivity contribution in [2.45, 2.75) is 82.8 Å². The lowest BCUT2D eigenvalue weighted by Crippen LogP contribution is -2.62. The third-order valence-corrected chi connectivity index (χ3v) is 10.0. The normalized spacial score (nSPS) is 30.5. The van der Waals surface area contributed by atoms with E-state index in [2.05, 4.69) is 17.4 Å². The minimum atomic E-state index is 0.0493. The van der Waals surface area contributed by atoms with E-state index in [-0.39, 0.29) is 23.4 Å². The molecule has 6 aliphatic rings. The molecule has 1 aromatic carbocycles. The molecule has 3 amide bonds. The number of aryl methyl sites for hydroxylation is 1. The van der Waals surface area contributed by atoms with Crippen molar-refractivity contribution in [3.05, 3.63) is 64.5 Å². The van der Waals surface area contributed by atoms with Crippen molar-refractivity contribution in [2.75, 3.05) is 13.1 Å². The van der Waals surface area contributed by atoms with E-state index in [9.17, 15) is 9.59 Å². The van der Waals surface area contributed by atoms with Gasteiger partial charge in [0.05, 0.1) is 11.3 Å². The first-order valence-electron chi connectivity index (χ1n) is 14.4. The fourth-order valence-electron chi connectivity index (χ4n) is 8.64. The molecule has 0 unspecified atom stereocenters. The SMILES string of the molecule is Cc1ccc(C(=O)N2Cc3ccccc3C2)c(C2CCN(C(=O)NC34CC5CC(CC(C5)C3)C4)CC2)n1. The highest BCUT2D eigenvalue weighted by atomic mass is 16.2. The predicted molar refractivity (Wildman–Crippen MR) is 142 cm³/mol. The van der Waals surface area contributed by atoms with E-state index < -0.39 is 0 Å². The number of pyridine rings is 1. The quantitative estimate of drug-likeness (QED) is 0.616. The van der Waals surface area contributed by atoms with Crippen molar-refractivity contribution in [3.63, 3.8) is 0 Å². The molecule has 0 atom stereocenters. The minimum absolute atomic E-state index is 0.0493. The average Bonchev–Trinajstić information content (AvgIpc) is 3.32. The van der Waals surface area contributed by atoms with Crippen molar-refractivity contribution in [3.8, 4) is 0 Å². The van der Waals surface area contributed by atoms with Crippen molar-refractivity contribution in [1.29, 1.82) is 0 Å². The third kappa shape index (κ3) is 4.22. The Labute approximate surface area is 219 Å². The molecule has 8 rings (SSSR count). The van der Waals surface area contributed by atoms with E-state index in [1.54, 1.807) is 0 Å². The standard InChI is InChI=1S/C31H38N4O2/c1-20-6-7-27(29(36)35-18-25-4-2-3-5-26(25)19-35)28(32-20)24-8-10-34(11-9-24)30(37)33-31-15-21-12-22(16-31)14-23(13-21)17-31/h2-7,21-24H,8-19H2,1H3,(H,33,37). The smallest absolute Gasteiger partial charge is 0.317 e. The summed E-state index contributed by atoms with van der Waals surface area (Å²) in [5.41, 5.74) is 5.11. The molecule has 6 nitrogen and oxygen atoms in total. The van der Waals surface area contributed by atoms with Gasteiger partial charge in [0.2, 0.25) is 0 Å². The number of amides is 3. The number of benzene rings is 1. The molecule has 2 aromatic rings. The number of aromatic nitrogens is 1. The van der Waals surface area contributed by atoms with Gasteiger partial charge in [0.1, 0.15) is 0 Å². The highest BCUT2D eigenvalue weighted by Crippen LogP contribution is 2.55. The van der Waals surface area contributed by atoms with Gasteiger partial charge < -0.3 is 15.1 Å². The van der Waals surface area contributed by atoms with Crippen molar-refractivity contribution in [2.24, 2.45) is 17.8 Å². The molecule has 2 aliphatic heterocycles. The number of carbonyl (C=O) groups excluding carboxylic acids is 2. The Kier molecular flexibility index (Phi) is 5.56. The number of carbonyl (C=O) groups is 2. The third-order valence-electron chi connectivity index (χ3n) is 10.0. The lowest BCUT2D eigenvalue weighted by atomic mass is 9.53. The maximum atomic E-state index is 13.6. The fraction of sp³-hybridized carbons (Fsp3) is 0.581. The lowest BCUT2D eigenvalue weighted by molar-refractivity contribution is -0.0160. The van der Waals surface area contributed by atoms with E-state index in [1.807, 2.05) is 41.0 Å². The number of fused-ring (bicyclic) bond motifs is 1. The molecule has 37 heavy (non-hydrogen) atoms. The second-order valence-electron chi connectivity index (χ2n) is 12.7. The van der Waals surface area contributed by atoms with Gasteiger partial charge in [-0.2, -0.15) is 0 Å². The molecular weight excluding hydrogens is 460 g/mol. The molecule has 1 N–H and O–H groups in total. The maximum Gasteiger partial charge on any atom is 0.317 e. The second kappa shape index (κ2) is 8.85. The first kappa shape index (κ1) is 23.2.